The number of amides is 1. The minimum Gasteiger partial charge on any atom is -0.321 e. The average molecular weight is 358 g/mol. The molecule has 0 aliphatic rings. The molecule has 0 bridgehead atoms. The third-order valence-corrected chi connectivity index (χ3v) is 4.11. The molecule has 0 fully saturated rings. The number of carbonyl (C=O) groups is 1. The van der Waals surface area contributed by atoms with Gasteiger partial charge in [-0.3, -0.25) is 14.9 Å². The van der Waals surface area contributed by atoms with Crippen LogP contribution in [0.15, 0.2) is 60.8 Å². The van der Waals surface area contributed by atoms with E-state index in [1.165, 1.54) is 0 Å². The maximum absolute atomic E-state index is 12.6. The van der Waals surface area contributed by atoms with E-state index in [1.807, 2.05) is 67.1 Å². The summed E-state index contributed by atoms with van der Waals surface area (Å²) in [7, 11) is 0. The van der Waals surface area contributed by atoms with E-state index in [0.717, 1.165) is 17.1 Å². The lowest BCUT2D eigenvalue weighted by molar-refractivity contribution is 0.102. The molecule has 0 spiro atoms. The van der Waals surface area contributed by atoms with Crippen LogP contribution in [0.25, 0.3) is 17.1 Å². The van der Waals surface area contributed by atoms with Gasteiger partial charge >= 0.3 is 0 Å². The van der Waals surface area contributed by atoms with Gasteiger partial charge in [0, 0.05) is 17.6 Å². The molecule has 0 unspecified atom stereocenters. The van der Waals surface area contributed by atoms with Gasteiger partial charge in [-0.1, -0.05) is 12.1 Å². The number of hydrogen-bond donors (Lipinski definition) is 2. The molecule has 0 aliphatic heterocycles. The first-order valence-electron chi connectivity index (χ1n) is 8.52. The molecule has 0 aliphatic carbocycles. The van der Waals surface area contributed by atoms with E-state index in [1.54, 1.807) is 12.3 Å². The van der Waals surface area contributed by atoms with E-state index in [9.17, 15) is 4.79 Å². The number of nitrogens with one attached hydrogen (secondary N) is 2. The molecule has 3 aromatic heterocycles. The zero-order valence-electron chi connectivity index (χ0n) is 15.0. The molecular weight excluding hydrogens is 340 g/mol. The Balaban J connectivity index is 1.54. The first-order valence-corrected chi connectivity index (χ1v) is 8.52. The van der Waals surface area contributed by atoms with Gasteiger partial charge in [-0.15, -0.1) is 0 Å². The molecule has 0 radical (unpaired) electrons. The summed E-state index contributed by atoms with van der Waals surface area (Å²) in [6, 6.07) is 16.8. The van der Waals surface area contributed by atoms with Crippen molar-refractivity contribution in [2.75, 3.05) is 5.32 Å². The topological polar surface area (TPSA) is 88.5 Å². The van der Waals surface area contributed by atoms with Crippen LogP contribution >= 0.6 is 0 Å². The van der Waals surface area contributed by atoms with Gasteiger partial charge in [0.25, 0.3) is 5.91 Å². The largest absolute Gasteiger partial charge is 0.321 e. The van der Waals surface area contributed by atoms with Gasteiger partial charge in [0.2, 0.25) is 0 Å². The van der Waals surface area contributed by atoms with Crippen molar-refractivity contribution in [3.63, 3.8) is 0 Å². The number of nitrogens with zero attached hydrogens (tertiary/aromatic N) is 4. The first-order chi connectivity index (χ1) is 13.1. The van der Waals surface area contributed by atoms with Gasteiger partial charge in [-0.05, 0) is 56.3 Å². The van der Waals surface area contributed by atoms with Crippen LogP contribution in [0.3, 0.4) is 0 Å². The van der Waals surface area contributed by atoms with Crippen LogP contribution in [0.2, 0.25) is 0 Å². The monoisotopic (exact) mass is 358 g/mol. The molecule has 3 heterocycles. The Morgan fingerprint density at radius 1 is 1.04 bits per heavy atom. The second-order valence-corrected chi connectivity index (χ2v) is 6.23. The summed E-state index contributed by atoms with van der Waals surface area (Å²) in [5.74, 6) is -0.268. The summed E-state index contributed by atoms with van der Waals surface area (Å²) in [6.45, 7) is 3.95. The summed E-state index contributed by atoms with van der Waals surface area (Å²) in [5.41, 5.74) is 5.24. The highest BCUT2D eigenvalue weighted by Crippen LogP contribution is 2.19. The van der Waals surface area contributed by atoms with Crippen LogP contribution in [-0.4, -0.2) is 30.9 Å². The van der Waals surface area contributed by atoms with Gasteiger partial charge in [-0.25, -0.2) is 4.68 Å². The average Bonchev–Trinajstić information content (AvgIpc) is 3.29. The van der Waals surface area contributed by atoms with Gasteiger partial charge in [0.05, 0.1) is 17.1 Å². The number of benzene rings is 1. The first kappa shape index (κ1) is 16.7. The minimum atomic E-state index is -0.268. The van der Waals surface area contributed by atoms with Crippen molar-refractivity contribution in [1.29, 1.82) is 0 Å². The lowest BCUT2D eigenvalue weighted by Gasteiger charge is -2.08. The number of aromatic nitrogens is 5. The fraction of sp³-hybridized carbons (Fsp3) is 0.100. The minimum absolute atomic E-state index is 0.268. The number of aromatic amines is 1. The standard InChI is InChI=1S/C20H18N6O/c1-13-10-14(2)26(25-13)16-7-5-6-15(11-16)22-20(27)19-12-18(23-24-19)17-8-3-4-9-21-17/h3-12H,1-2H3,(H,22,27)(H,23,24). The Bertz CT molecular complexity index is 1100. The lowest BCUT2D eigenvalue weighted by atomic mass is 10.2. The summed E-state index contributed by atoms with van der Waals surface area (Å²) in [6.07, 6.45) is 1.69. The van der Waals surface area contributed by atoms with Gasteiger partial charge in [0.15, 0.2) is 0 Å². The molecular formula is C20H18N6O. The summed E-state index contributed by atoms with van der Waals surface area (Å²) < 4.78 is 1.85. The second-order valence-electron chi connectivity index (χ2n) is 6.23. The van der Waals surface area contributed by atoms with E-state index < -0.39 is 0 Å². The van der Waals surface area contributed by atoms with Crippen molar-refractivity contribution >= 4 is 11.6 Å². The highest BCUT2D eigenvalue weighted by Gasteiger charge is 2.12. The quantitative estimate of drug-likeness (QED) is 0.584. The van der Waals surface area contributed by atoms with Crippen molar-refractivity contribution < 1.29 is 4.79 Å². The number of rotatable bonds is 4. The molecule has 1 aromatic carbocycles. The summed E-state index contributed by atoms with van der Waals surface area (Å²) >= 11 is 0. The van der Waals surface area contributed by atoms with Crippen LogP contribution in [0, 0.1) is 13.8 Å². The molecule has 0 saturated heterocycles. The molecule has 0 atom stereocenters. The number of H-pyrrole nitrogens is 1. The molecule has 134 valence electrons. The third-order valence-electron chi connectivity index (χ3n) is 4.11. The third kappa shape index (κ3) is 3.48. The van der Waals surface area contributed by atoms with E-state index in [0.29, 0.717) is 22.8 Å². The second kappa shape index (κ2) is 6.87. The Hall–Kier alpha value is -3.74. The fourth-order valence-electron chi connectivity index (χ4n) is 2.89. The van der Waals surface area contributed by atoms with Gasteiger partial charge in [0.1, 0.15) is 11.4 Å². The van der Waals surface area contributed by atoms with Crippen LogP contribution in [0.5, 0.6) is 0 Å². The smallest absolute Gasteiger partial charge is 0.273 e. The summed E-state index contributed by atoms with van der Waals surface area (Å²) in [4.78, 5) is 16.8. The molecule has 0 saturated carbocycles. The zero-order valence-corrected chi connectivity index (χ0v) is 15.0. The summed E-state index contributed by atoms with van der Waals surface area (Å²) in [5, 5.41) is 14.3. The van der Waals surface area contributed by atoms with E-state index >= 15 is 0 Å². The predicted octanol–water partition coefficient (Wildman–Crippen LogP) is 3.53. The van der Waals surface area contributed by atoms with Crippen molar-refractivity contribution in [2.45, 2.75) is 13.8 Å². The molecule has 27 heavy (non-hydrogen) atoms. The fourth-order valence-corrected chi connectivity index (χ4v) is 2.89. The van der Waals surface area contributed by atoms with Crippen molar-refractivity contribution in [3.8, 4) is 17.1 Å². The Morgan fingerprint density at radius 3 is 2.67 bits per heavy atom. The zero-order chi connectivity index (χ0) is 18.8. The highest BCUT2D eigenvalue weighted by atomic mass is 16.1. The molecule has 2 N–H and O–H groups in total. The maximum atomic E-state index is 12.6. The number of pyridine rings is 1. The molecule has 4 rings (SSSR count). The van der Waals surface area contributed by atoms with Crippen LogP contribution < -0.4 is 5.32 Å². The van der Waals surface area contributed by atoms with Crippen molar-refractivity contribution in [2.24, 2.45) is 0 Å². The predicted molar refractivity (Wildman–Crippen MR) is 103 cm³/mol. The van der Waals surface area contributed by atoms with Crippen LogP contribution in [0.4, 0.5) is 5.69 Å². The SMILES string of the molecule is Cc1cc(C)n(-c2cccc(NC(=O)c3cc(-c4ccccn4)n[nH]3)c2)n1. The lowest BCUT2D eigenvalue weighted by Crippen LogP contribution is -2.12. The Kier molecular flexibility index (Phi) is 4.25. The van der Waals surface area contributed by atoms with Gasteiger partial charge in [-0.2, -0.15) is 10.2 Å². The molecule has 1 amide bonds. The molecule has 4 aromatic rings. The van der Waals surface area contributed by atoms with E-state index in [2.05, 4.69) is 25.6 Å². The molecule has 7 heteroatoms. The van der Waals surface area contributed by atoms with Gasteiger partial charge < -0.3 is 5.32 Å². The number of anilines is 1. The van der Waals surface area contributed by atoms with Crippen LogP contribution in [0.1, 0.15) is 21.9 Å². The Labute approximate surface area is 156 Å². The number of aryl methyl sites for hydroxylation is 2. The highest BCUT2D eigenvalue weighted by molar-refractivity contribution is 6.03. The number of hydrogen-bond acceptors (Lipinski definition) is 4. The van der Waals surface area contributed by atoms with Crippen LogP contribution in [-0.2, 0) is 0 Å². The van der Waals surface area contributed by atoms with E-state index in [4.69, 9.17) is 0 Å². The molecule has 7 nitrogen and oxygen atoms in total. The number of carbonyl (C=O) groups excluding carboxylic acids is 1. The van der Waals surface area contributed by atoms with Crippen molar-refractivity contribution in [1.82, 2.24) is 25.0 Å². The maximum Gasteiger partial charge on any atom is 0.273 e. The Morgan fingerprint density at radius 2 is 1.93 bits per heavy atom. The van der Waals surface area contributed by atoms with E-state index in [-0.39, 0.29) is 5.91 Å². The normalized spacial score (nSPS) is 10.7. The van der Waals surface area contributed by atoms with Crippen molar-refractivity contribution in [3.05, 3.63) is 77.9 Å².